The Balaban J connectivity index is 1.39. The molecule has 4 aromatic rings. The SMILES string of the molecule is CN1CC[C@]2(CC2C(=O)Nc2cc(-c3ccnc(-n4ncc5cc(C(C)(C)C)cc(F)c5c4=O)c3CO)cn(C)c2=O)C1. The van der Waals surface area contributed by atoms with Crippen LogP contribution in [0.4, 0.5) is 10.1 Å². The smallest absolute Gasteiger partial charge is 0.283 e. The summed E-state index contributed by atoms with van der Waals surface area (Å²) >= 11 is 0. The fourth-order valence-electron chi connectivity index (χ4n) is 6.35. The van der Waals surface area contributed by atoms with Crippen LogP contribution in [0.1, 0.15) is 44.7 Å². The molecule has 2 N–H and O–H groups in total. The van der Waals surface area contributed by atoms with Gasteiger partial charge in [0.25, 0.3) is 11.1 Å². The Morgan fingerprint density at radius 2 is 1.95 bits per heavy atom. The van der Waals surface area contributed by atoms with Crippen molar-refractivity contribution in [3.8, 4) is 16.9 Å². The van der Waals surface area contributed by atoms with E-state index in [-0.39, 0.29) is 50.7 Å². The molecular weight excluding hydrogens is 551 g/mol. The van der Waals surface area contributed by atoms with Crippen molar-refractivity contribution in [2.24, 2.45) is 18.4 Å². The lowest BCUT2D eigenvalue weighted by atomic mass is 9.86. The number of pyridine rings is 2. The molecule has 43 heavy (non-hydrogen) atoms. The van der Waals surface area contributed by atoms with Crippen molar-refractivity contribution in [2.75, 3.05) is 25.5 Å². The first-order valence-corrected chi connectivity index (χ1v) is 14.3. The molecule has 3 aromatic heterocycles. The lowest BCUT2D eigenvalue weighted by Gasteiger charge is -2.20. The van der Waals surface area contributed by atoms with Crippen LogP contribution in [0.25, 0.3) is 27.7 Å². The number of hydrogen-bond acceptors (Lipinski definition) is 7. The van der Waals surface area contributed by atoms with Gasteiger partial charge in [-0.3, -0.25) is 14.4 Å². The maximum atomic E-state index is 15.3. The number of carbonyl (C=O) groups excluding carboxylic acids is 1. The Kier molecular flexibility index (Phi) is 6.85. The van der Waals surface area contributed by atoms with Crippen LogP contribution in [0.2, 0.25) is 0 Å². The van der Waals surface area contributed by atoms with Crippen molar-refractivity contribution < 1.29 is 14.3 Å². The van der Waals surface area contributed by atoms with Crippen molar-refractivity contribution in [3.05, 3.63) is 80.5 Å². The second-order valence-electron chi connectivity index (χ2n) is 13.0. The number of hydrogen-bond donors (Lipinski definition) is 2. The molecule has 1 aromatic carbocycles. The molecule has 2 fully saturated rings. The minimum absolute atomic E-state index is 0.0142. The number of amides is 1. The van der Waals surface area contributed by atoms with E-state index in [4.69, 9.17) is 0 Å². The van der Waals surface area contributed by atoms with Crippen LogP contribution in [-0.4, -0.2) is 55.4 Å². The molecule has 2 aliphatic rings. The van der Waals surface area contributed by atoms with E-state index in [1.807, 2.05) is 27.8 Å². The van der Waals surface area contributed by atoms with Crippen molar-refractivity contribution in [2.45, 2.75) is 45.6 Å². The number of aliphatic hydroxyl groups excluding tert-OH is 1. The number of carbonyl (C=O) groups is 1. The standard InChI is InChI=1S/C32H35FN6O4/c1-31(2,3)20-10-18-14-35-39(30(43)26(18)24(33)12-20)27-22(16-40)21(6-8-34-27)19-11-25(29(42)38(5)15-19)36-28(41)23-13-32(23)7-9-37(4)17-32/h6,8,10-12,14-15,23,40H,7,9,13,16-17H2,1-5H3,(H,36,41)/t23?,32-/m0/s1. The molecule has 1 unspecified atom stereocenters. The van der Waals surface area contributed by atoms with E-state index in [9.17, 15) is 19.5 Å². The van der Waals surface area contributed by atoms with Gasteiger partial charge in [-0.25, -0.2) is 9.37 Å². The van der Waals surface area contributed by atoms with Crippen LogP contribution in [0, 0.1) is 17.2 Å². The van der Waals surface area contributed by atoms with Gasteiger partial charge in [-0.1, -0.05) is 20.8 Å². The molecule has 1 amide bonds. The zero-order valence-corrected chi connectivity index (χ0v) is 24.9. The number of fused-ring (bicyclic) bond motifs is 1. The highest BCUT2D eigenvalue weighted by Crippen LogP contribution is 2.58. The first kappa shape index (κ1) is 28.9. The molecule has 11 heteroatoms. The topological polar surface area (TPSA) is 122 Å². The summed E-state index contributed by atoms with van der Waals surface area (Å²) in [6, 6.07) is 6.33. The van der Waals surface area contributed by atoms with E-state index in [1.54, 1.807) is 31.4 Å². The van der Waals surface area contributed by atoms with Gasteiger partial charge in [0.2, 0.25) is 5.91 Å². The Hall–Kier alpha value is -4.22. The first-order chi connectivity index (χ1) is 20.3. The van der Waals surface area contributed by atoms with E-state index in [1.165, 1.54) is 23.0 Å². The number of nitrogens with one attached hydrogen (secondary N) is 1. The molecule has 1 aliphatic heterocycles. The van der Waals surface area contributed by atoms with Crippen LogP contribution in [0.15, 0.2) is 52.4 Å². The van der Waals surface area contributed by atoms with Crippen LogP contribution < -0.4 is 16.4 Å². The summed E-state index contributed by atoms with van der Waals surface area (Å²) in [6.45, 7) is 7.18. The summed E-state index contributed by atoms with van der Waals surface area (Å²) in [7, 11) is 3.63. The van der Waals surface area contributed by atoms with Gasteiger partial charge in [0, 0.05) is 48.4 Å². The van der Waals surface area contributed by atoms with Gasteiger partial charge in [0.05, 0.1) is 18.2 Å². The quantitative estimate of drug-likeness (QED) is 0.368. The highest BCUT2D eigenvalue weighted by atomic mass is 19.1. The highest BCUT2D eigenvalue weighted by molar-refractivity contribution is 5.95. The molecule has 2 atom stereocenters. The second-order valence-corrected chi connectivity index (χ2v) is 13.0. The van der Waals surface area contributed by atoms with Gasteiger partial charge < -0.3 is 19.9 Å². The predicted octanol–water partition coefficient (Wildman–Crippen LogP) is 3.36. The molecule has 0 radical (unpaired) electrons. The third kappa shape index (κ3) is 4.96. The van der Waals surface area contributed by atoms with Gasteiger partial charge >= 0.3 is 0 Å². The lowest BCUT2D eigenvalue weighted by Crippen LogP contribution is -2.27. The summed E-state index contributed by atoms with van der Waals surface area (Å²) in [5.41, 5.74) is 0.699. The number of aliphatic hydroxyl groups is 1. The summed E-state index contributed by atoms with van der Waals surface area (Å²) < 4.78 is 17.6. The fourth-order valence-corrected chi connectivity index (χ4v) is 6.35. The minimum Gasteiger partial charge on any atom is -0.392 e. The fraction of sp³-hybridized carbons (Fsp3) is 0.406. The molecule has 224 valence electrons. The monoisotopic (exact) mass is 586 g/mol. The molecule has 1 saturated carbocycles. The molecule has 6 rings (SSSR count). The number of anilines is 1. The number of aromatic nitrogens is 4. The summed E-state index contributed by atoms with van der Waals surface area (Å²) in [5, 5.41) is 17.8. The van der Waals surface area contributed by atoms with E-state index in [0.717, 1.165) is 36.2 Å². The van der Waals surface area contributed by atoms with Crippen LogP contribution in [0.3, 0.4) is 0 Å². The van der Waals surface area contributed by atoms with Gasteiger partial charge in [-0.15, -0.1) is 0 Å². The average Bonchev–Trinajstić information content (AvgIpc) is 3.53. The third-order valence-electron chi connectivity index (χ3n) is 8.93. The van der Waals surface area contributed by atoms with E-state index >= 15 is 4.39 Å². The van der Waals surface area contributed by atoms with E-state index in [0.29, 0.717) is 16.5 Å². The third-order valence-corrected chi connectivity index (χ3v) is 8.93. The molecule has 0 bridgehead atoms. The number of aryl methyl sites for hydroxylation is 1. The van der Waals surface area contributed by atoms with Gasteiger partial charge in [-0.2, -0.15) is 9.78 Å². The normalized spacial score (nSPS) is 20.2. The maximum Gasteiger partial charge on any atom is 0.283 e. The molecule has 10 nitrogen and oxygen atoms in total. The maximum absolute atomic E-state index is 15.3. The number of nitrogens with zero attached hydrogens (tertiary/aromatic N) is 5. The zero-order chi connectivity index (χ0) is 30.8. The van der Waals surface area contributed by atoms with Crippen molar-refractivity contribution in [1.29, 1.82) is 0 Å². The van der Waals surface area contributed by atoms with E-state index < -0.39 is 18.0 Å². The Morgan fingerprint density at radius 1 is 1.19 bits per heavy atom. The van der Waals surface area contributed by atoms with Gasteiger partial charge in [-0.05, 0) is 72.7 Å². The van der Waals surface area contributed by atoms with Crippen LogP contribution in [0.5, 0.6) is 0 Å². The predicted molar refractivity (Wildman–Crippen MR) is 162 cm³/mol. The highest BCUT2D eigenvalue weighted by Gasteiger charge is 2.60. The molecule has 4 heterocycles. The van der Waals surface area contributed by atoms with Gasteiger partial charge in [0.1, 0.15) is 11.5 Å². The summed E-state index contributed by atoms with van der Waals surface area (Å²) in [6.07, 6.45) is 6.22. The van der Waals surface area contributed by atoms with Crippen LogP contribution >= 0.6 is 0 Å². The van der Waals surface area contributed by atoms with Crippen molar-refractivity contribution in [1.82, 2.24) is 24.2 Å². The molecule has 1 saturated heterocycles. The Labute approximate surface area is 247 Å². The summed E-state index contributed by atoms with van der Waals surface area (Å²) in [5.74, 6) is -0.940. The number of rotatable bonds is 5. The summed E-state index contributed by atoms with van der Waals surface area (Å²) in [4.78, 5) is 46.3. The zero-order valence-electron chi connectivity index (χ0n) is 24.9. The number of halogens is 1. The minimum atomic E-state index is -0.709. The van der Waals surface area contributed by atoms with Crippen LogP contribution in [-0.2, 0) is 23.9 Å². The first-order valence-electron chi connectivity index (χ1n) is 14.3. The number of benzene rings is 1. The molecule has 1 aliphatic carbocycles. The van der Waals surface area contributed by atoms with Crippen molar-refractivity contribution >= 4 is 22.4 Å². The lowest BCUT2D eigenvalue weighted by molar-refractivity contribution is -0.118. The Bertz CT molecular complexity index is 1910. The number of likely N-dealkylation sites (tertiary alicyclic amines) is 1. The molecule has 1 spiro atoms. The van der Waals surface area contributed by atoms with Gasteiger partial charge in [0.15, 0.2) is 5.82 Å². The average molecular weight is 587 g/mol. The second kappa shape index (κ2) is 10.2. The molecular formula is C32H35FN6O4. The largest absolute Gasteiger partial charge is 0.392 e. The van der Waals surface area contributed by atoms with Crippen molar-refractivity contribution in [3.63, 3.8) is 0 Å². The van der Waals surface area contributed by atoms with E-state index in [2.05, 4.69) is 20.3 Å². The Morgan fingerprint density at radius 3 is 2.63 bits per heavy atom.